The Hall–Kier alpha value is -1.82. The molecule has 3 heterocycles. The maximum Gasteiger partial charge on any atom is 0.320 e. The van der Waals surface area contributed by atoms with Gasteiger partial charge in [0.1, 0.15) is 11.5 Å². The Bertz CT molecular complexity index is 506. The summed E-state index contributed by atoms with van der Waals surface area (Å²) in [4.78, 5) is 11.3. The number of fused-ring (bicyclic) bond motifs is 1. The van der Waals surface area contributed by atoms with Crippen LogP contribution in [0.2, 0.25) is 0 Å². The minimum Gasteiger partial charge on any atom is -0.463 e. The normalized spacial score (nSPS) is 16.2. The Labute approximate surface area is 91.8 Å². The zero-order valence-corrected chi connectivity index (χ0v) is 8.64. The minimum atomic E-state index is 0.319. The smallest absolute Gasteiger partial charge is 0.320 e. The molecule has 0 bridgehead atoms. The minimum absolute atomic E-state index is 0.319. The van der Waals surface area contributed by atoms with Gasteiger partial charge in [0.05, 0.1) is 25.2 Å². The van der Waals surface area contributed by atoms with Gasteiger partial charge in [0, 0.05) is 12.1 Å². The van der Waals surface area contributed by atoms with Crippen molar-refractivity contribution in [2.75, 3.05) is 25.6 Å². The second kappa shape index (κ2) is 3.64. The van der Waals surface area contributed by atoms with E-state index in [-0.39, 0.29) is 0 Å². The Kier molecular flexibility index (Phi) is 2.14. The number of hydrogen-bond donors (Lipinski definition) is 2. The molecular formula is C10H12N4O2. The predicted molar refractivity (Wildman–Crippen MR) is 58.1 cm³/mol. The van der Waals surface area contributed by atoms with Crippen molar-refractivity contribution >= 4 is 16.9 Å². The Morgan fingerprint density at radius 3 is 3.12 bits per heavy atom. The molecule has 1 aliphatic rings. The van der Waals surface area contributed by atoms with Crippen molar-refractivity contribution in [2.24, 2.45) is 5.92 Å². The van der Waals surface area contributed by atoms with E-state index in [4.69, 9.17) is 15.2 Å². The summed E-state index contributed by atoms with van der Waals surface area (Å²) in [5.41, 5.74) is 6.48. The van der Waals surface area contributed by atoms with Crippen LogP contribution in [0.3, 0.4) is 0 Å². The first kappa shape index (κ1) is 9.41. The first-order valence-corrected chi connectivity index (χ1v) is 5.14. The van der Waals surface area contributed by atoms with Crippen LogP contribution in [0, 0.1) is 5.92 Å². The van der Waals surface area contributed by atoms with Gasteiger partial charge in [-0.05, 0) is 6.07 Å². The van der Waals surface area contributed by atoms with Crippen molar-refractivity contribution < 1.29 is 9.47 Å². The first-order valence-electron chi connectivity index (χ1n) is 5.14. The third kappa shape index (κ3) is 1.57. The van der Waals surface area contributed by atoms with Crippen LogP contribution >= 0.6 is 0 Å². The number of aromatic amines is 1. The Balaban J connectivity index is 1.80. The largest absolute Gasteiger partial charge is 0.463 e. The van der Waals surface area contributed by atoms with Crippen molar-refractivity contribution in [3.8, 4) is 6.01 Å². The van der Waals surface area contributed by atoms with Gasteiger partial charge in [-0.1, -0.05) is 0 Å². The number of nitrogens with one attached hydrogen (secondary N) is 1. The molecule has 0 unspecified atom stereocenters. The van der Waals surface area contributed by atoms with Crippen molar-refractivity contribution in [2.45, 2.75) is 0 Å². The molecule has 1 fully saturated rings. The predicted octanol–water partition coefficient (Wildman–Crippen LogP) is 0.565. The molecular weight excluding hydrogens is 208 g/mol. The molecule has 3 N–H and O–H groups in total. The lowest BCUT2D eigenvalue weighted by molar-refractivity contribution is -0.0519. The second-order valence-electron chi connectivity index (χ2n) is 3.85. The standard InChI is InChI=1S/C10H12N4O2/c11-8-7-1-2-12-9(7)14-10(13-8)16-5-6-3-15-4-6/h1-2,6H,3-5H2,(H3,11,12,13,14). The molecule has 1 aliphatic heterocycles. The van der Waals surface area contributed by atoms with Crippen LogP contribution in [0.4, 0.5) is 5.82 Å². The van der Waals surface area contributed by atoms with E-state index in [1.165, 1.54) is 0 Å². The van der Waals surface area contributed by atoms with Crippen LogP contribution in [-0.4, -0.2) is 34.8 Å². The zero-order chi connectivity index (χ0) is 11.0. The molecule has 0 aromatic carbocycles. The van der Waals surface area contributed by atoms with Crippen molar-refractivity contribution in [1.29, 1.82) is 0 Å². The number of H-pyrrole nitrogens is 1. The van der Waals surface area contributed by atoms with Gasteiger partial charge in [-0.25, -0.2) is 0 Å². The van der Waals surface area contributed by atoms with Crippen LogP contribution in [-0.2, 0) is 4.74 Å². The van der Waals surface area contributed by atoms with E-state index in [9.17, 15) is 0 Å². The lowest BCUT2D eigenvalue weighted by Crippen LogP contribution is -2.32. The number of nitrogens with two attached hydrogens (primary N) is 1. The van der Waals surface area contributed by atoms with Gasteiger partial charge in [0.15, 0.2) is 0 Å². The molecule has 84 valence electrons. The average Bonchev–Trinajstić information content (AvgIpc) is 2.63. The molecule has 0 spiro atoms. The molecule has 0 radical (unpaired) electrons. The van der Waals surface area contributed by atoms with Gasteiger partial charge in [0.2, 0.25) is 0 Å². The fraction of sp³-hybridized carbons (Fsp3) is 0.400. The van der Waals surface area contributed by atoms with Crippen molar-refractivity contribution in [1.82, 2.24) is 15.0 Å². The lowest BCUT2D eigenvalue weighted by Gasteiger charge is -2.25. The van der Waals surface area contributed by atoms with Gasteiger partial charge in [-0.2, -0.15) is 9.97 Å². The van der Waals surface area contributed by atoms with E-state index in [0.29, 0.717) is 30.0 Å². The highest BCUT2D eigenvalue weighted by Crippen LogP contribution is 2.19. The third-order valence-electron chi connectivity index (χ3n) is 2.58. The van der Waals surface area contributed by atoms with E-state index in [1.54, 1.807) is 6.20 Å². The molecule has 2 aromatic heterocycles. The van der Waals surface area contributed by atoms with Gasteiger partial charge in [0.25, 0.3) is 0 Å². The fourth-order valence-electron chi connectivity index (χ4n) is 1.58. The van der Waals surface area contributed by atoms with Crippen molar-refractivity contribution in [3.05, 3.63) is 12.3 Å². The SMILES string of the molecule is Nc1nc(OCC2COC2)nc2[nH]ccc12. The molecule has 0 aliphatic carbocycles. The summed E-state index contributed by atoms with van der Waals surface area (Å²) in [6.45, 7) is 2.08. The number of rotatable bonds is 3. The average molecular weight is 220 g/mol. The second-order valence-corrected chi connectivity index (χ2v) is 3.85. The number of nitrogens with zero attached hydrogens (tertiary/aromatic N) is 2. The number of hydrogen-bond acceptors (Lipinski definition) is 5. The summed E-state index contributed by atoms with van der Waals surface area (Å²) in [7, 11) is 0. The highest BCUT2D eigenvalue weighted by Gasteiger charge is 2.19. The number of nitrogen functional groups attached to an aromatic ring is 1. The molecule has 6 nitrogen and oxygen atoms in total. The topological polar surface area (TPSA) is 86.1 Å². The van der Waals surface area contributed by atoms with Crippen LogP contribution < -0.4 is 10.5 Å². The maximum absolute atomic E-state index is 5.78. The summed E-state index contributed by atoms with van der Waals surface area (Å²) in [5.74, 6) is 0.885. The van der Waals surface area contributed by atoms with Gasteiger partial charge >= 0.3 is 6.01 Å². The molecule has 0 amide bonds. The lowest BCUT2D eigenvalue weighted by atomic mass is 10.1. The summed E-state index contributed by atoms with van der Waals surface area (Å²) in [5, 5.41) is 0.819. The molecule has 0 saturated carbocycles. The van der Waals surface area contributed by atoms with Crippen LogP contribution in [0.1, 0.15) is 0 Å². The fourth-order valence-corrected chi connectivity index (χ4v) is 1.58. The van der Waals surface area contributed by atoms with Crippen molar-refractivity contribution in [3.63, 3.8) is 0 Å². The quantitative estimate of drug-likeness (QED) is 0.789. The van der Waals surface area contributed by atoms with Crippen LogP contribution in [0.5, 0.6) is 6.01 Å². The number of aromatic nitrogens is 3. The maximum atomic E-state index is 5.78. The molecule has 1 saturated heterocycles. The van der Waals surface area contributed by atoms with Crippen LogP contribution in [0.25, 0.3) is 11.0 Å². The number of anilines is 1. The highest BCUT2D eigenvalue weighted by molar-refractivity contribution is 5.85. The molecule has 3 rings (SSSR count). The Morgan fingerprint density at radius 2 is 2.38 bits per heavy atom. The highest BCUT2D eigenvalue weighted by atomic mass is 16.5. The summed E-state index contributed by atoms with van der Waals surface area (Å²) >= 11 is 0. The van der Waals surface area contributed by atoms with E-state index >= 15 is 0 Å². The van der Waals surface area contributed by atoms with Gasteiger partial charge in [-0.15, -0.1) is 0 Å². The Morgan fingerprint density at radius 1 is 1.50 bits per heavy atom. The summed E-state index contributed by atoms with van der Waals surface area (Å²) < 4.78 is 10.5. The van der Waals surface area contributed by atoms with E-state index in [0.717, 1.165) is 18.6 Å². The molecule has 0 atom stereocenters. The number of ether oxygens (including phenoxy) is 2. The van der Waals surface area contributed by atoms with Crippen LogP contribution in [0.15, 0.2) is 12.3 Å². The van der Waals surface area contributed by atoms with E-state index in [1.807, 2.05) is 6.07 Å². The van der Waals surface area contributed by atoms with E-state index < -0.39 is 0 Å². The summed E-state index contributed by atoms with van der Waals surface area (Å²) in [6, 6.07) is 2.16. The van der Waals surface area contributed by atoms with E-state index in [2.05, 4.69) is 15.0 Å². The summed E-state index contributed by atoms with van der Waals surface area (Å²) in [6.07, 6.45) is 1.78. The van der Waals surface area contributed by atoms with Gasteiger partial charge < -0.3 is 20.2 Å². The third-order valence-corrected chi connectivity index (χ3v) is 2.58. The first-order chi connectivity index (χ1) is 7.83. The monoisotopic (exact) mass is 220 g/mol. The zero-order valence-electron chi connectivity index (χ0n) is 8.64. The molecule has 2 aromatic rings. The molecule has 6 heteroatoms. The molecule has 16 heavy (non-hydrogen) atoms. The van der Waals surface area contributed by atoms with Gasteiger partial charge in [-0.3, -0.25) is 0 Å².